The Morgan fingerprint density at radius 1 is 1.22 bits per heavy atom. The van der Waals surface area contributed by atoms with Crippen molar-refractivity contribution < 1.29 is 14.3 Å². The number of hydrogen-bond acceptors (Lipinski definition) is 4. The van der Waals surface area contributed by atoms with Gasteiger partial charge in [-0.05, 0) is 38.1 Å². The summed E-state index contributed by atoms with van der Waals surface area (Å²) in [4.78, 5) is 12.4. The monoisotopic (exact) mass is 373 g/mol. The highest BCUT2D eigenvalue weighted by Crippen LogP contribution is 2.29. The van der Waals surface area contributed by atoms with Crippen molar-refractivity contribution in [2.24, 2.45) is 0 Å². The Kier molecular flexibility index (Phi) is 5.78. The highest BCUT2D eigenvalue weighted by Gasteiger charge is 2.19. The van der Waals surface area contributed by atoms with E-state index in [1.807, 2.05) is 19.1 Å². The molecule has 2 aromatic carbocycles. The third-order valence-corrected chi connectivity index (χ3v) is 3.70. The summed E-state index contributed by atoms with van der Waals surface area (Å²) in [7, 11) is 0. The normalized spacial score (nSPS) is 11.4. The Bertz CT molecular complexity index is 735. The molecular formula is C18H16BrNO3. The zero-order valence-corrected chi connectivity index (χ0v) is 14.5. The van der Waals surface area contributed by atoms with Crippen molar-refractivity contribution in [1.82, 2.24) is 0 Å². The van der Waals surface area contributed by atoms with Crippen molar-refractivity contribution in [2.45, 2.75) is 20.0 Å². The minimum absolute atomic E-state index is 0.121. The number of nitrogens with zero attached hydrogens (tertiary/aromatic N) is 1. The molecule has 0 aliphatic rings. The van der Waals surface area contributed by atoms with Crippen molar-refractivity contribution in [2.75, 3.05) is 6.61 Å². The number of rotatable bonds is 6. The third-order valence-electron chi connectivity index (χ3n) is 3.17. The van der Waals surface area contributed by atoms with E-state index in [4.69, 9.17) is 14.7 Å². The van der Waals surface area contributed by atoms with Crippen LogP contribution in [0.25, 0.3) is 0 Å². The lowest BCUT2D eigenvalue weighted by atomic mass is 10.1. The van der Waals surface area contributed by atoms with Crippen molar-refractivity contribution in [3.8, 4) is 17.6 Å². The van der Waals surface area contributed by atoms with Crippen molar-refractivity contribution >= 4 is 21.7 Å². The van der Waals surface area contributed by atoms with Crippen LogP contribution in [-0.2, 0) is 0 Å². The molecule has 0 fully saturated rings. The van der Waals surface area contributed by atoms with Gasteiger partial charge in [-0.1, -0.05) is 28.1 Å². The molecule has 118 valence electrons. The molecule has 4 nitrogen and oxygen atoms in total. The molecule has 0 unspecified atom stereocenters. The molecule has 5 heteroatoms. The summed E-state index contributed by atoms with van der Waals surface area (Å²) in [5.41, 5.74) is 1.06. The second-order valence-corrected chi connectivity index (χ2v) is 5.75. The van der Waals surface area contributed by atoms with Gasteiger partial charge in [-0.25, -0.2) is 0 Å². The molecule has 0 bridgehead atoms. The zero-order chi connectivity index (χ0) is 16.8. The Hall–Kier alpha value is -2.32. The molecule has 0 amide bonds. The van der Waals surface area contributed by atoms with Crippen molar-refractivity contribution in [3.05, 3.63) is 58.1 Å². The summed E-state index contributed by atoms with van der Waals surface area (Å²) in [6.45, 7) is 3.98. The van der Waals surface area contributed by atoms with Crippen LogP contribution in [0.2, 0.25) is 0 Å². The van der Waals surface area contributed by atoms with E-state index in [0.717, 1.165) is 4.47 Å². The van der Waals surface area contributed by atoms with Gasteiger partial charge in [-0.15, -0.1) is 0 Å². The first kappa shape index (κ1) is 17.0. The predicted molar refractivity (Wildman–Crippen MR) is 90.9 cm³/mol. The highest BCUT2D eigenvalue weighted by atomic mass is 79.9. The first-order chi connectivity index (χ1) is 11.0. The van der Waals surface area contributed by atoms with Crippen LogP contribution in [0.15, 0.2) is 46.9 Å². The van der Waals surface area contributed by atoms with Gasteiger partial charge in [0.1, 0.15) is 0 Å². The molecule has 0 saturated heterocycles. The average Bonchev–Trinajstić information content (AvgIpc) is 2.56. The molecule has 0 N–H and O–H groups in total. The standard InChI is InChI=1S/C18H16BrNO3/c1-3-22-17-10-13(11-20)4-9-16(17)23-12(2)18(21)14-5-7-15(19)8-6-14/h4-10,12H,3H2,1-2H3/t12-/m0/s1. The van der Waals surface area contributed by atoms with Crippen molar-refractivity contribution in [1.29, 1.82) is 5.26 Å². The summed E-state index contributed by atoms with van der Waals surface area (Å²) in [6, 6.07) is 14.1. The number of ether oxygens (including phenoxy) is 2. The first-order valence-electron chi connectivity index (χ1n) is 7.18. The minimum Gasteiger partial charge on any atom is -0.490 e. The van der Waals surface area contributed by atoms with Gasteiger partial charge in [0.05, 0.1) is 18.2 Å². The van der Waals surface area contributed by atoms with E-state index in [1.54, 1.807) is 37.3 Å². The molecule has 0 aromatic heterocycles. The maximum atomic E-state index is 12.4. The van der Waals surface area contributed by atoms with Crippen molar-refractivity contribution in [3.63, 3.8) is 0 Å². The second-order valence-electron chi connectivity index (χ2n) is 4.84. The van der Waals surface area contributed by atoms with Gasteiger partial charge in [-0.2, -0.15) is 5.26 Å². The molecule has 23 heavy (non-hydrogen) atoms. The third kappa shape index (κ3) is 4.33. The second kappa shape index (κ2) is 7.80. The van der Waals surface area contributed by atoms with Crippen LogP contribution in [0.4, 0.5) is 0 Å². The van der Waals surface area contributed by atoms with Crippen LogP contribution in [0.3, 0.4) is 0 Å². The summed E-state index contributed by atoms with van der Waals surface area (Å²) < 4.78 is 12.1. The molecule has 1 atom stereocenters. The number of carbonyl (C=O) groups excluding carboxylic acids is 1. The number of carbonyl (C=O) groups is 1. The Morgan fingerprint density at radius 3 is 2.52 bits per heavy atom. The molecule has 0 aliphatic heterocycles. The van der Waals surface area contributed by atoms with Crippen LogP contribution in [0.1, 0.15) is 29.8 Å². The molecular weight excluding hydrogens is 358 g/mol. The average molecular weight is 374 g/mol. The largest absolute Gasteiger partial charge is 0.490 e. The highest BCUT2D eigenvalue weighted by molar-refractivity contribution is 9.10. The molecule has 2 rings (SSSR count). The molecule has 0 spiro atoms. The summed E-state index contributed by atoms with van der Waals surface area (Å²) in [5, 5.41) is 8.96. The van der Waals surface area contributed by atoms with E-state index in [2.05, 4.69) is 22.0 Å². The van der Waals surface area contributed by atoms with E-state index in [9.17, 15) is 4.79 Å². The van der Waals surface area contributed by atoms with Gasteiger partial charge in [0.25, 0.3) is 0 Å². The molecule has 0 aliphatic carbocycles. The van der Waals surface area contributed by atoms with Gasteiger partial charge >= 0.3 is 0 Å². The van der Waals surface area contributed by atoms with Crippen LogP contribution < -0.4 is 9.47 Å². The number of nitriles is 1. The van der Waals surface area contributed by atoms with Gasteiger partial charge in [-0.3, -0.25) is 4.79 Å². The van der Waals surface area contributed by atoms with Gasteiger partial charge in [0, 0.05) is 16.1 Å². The van der Waals surface area contributed by atoms with Gasteiger partial charge in [0.2, 0.25) is 5.78 Å². The fourth-order valence-corrected chi connectivity index (χ4v) is 2.30. The quantitative estimate of drug-likeness (QED) is 0.705. The smallest absolute Gasteiger partial charge is 0.202 e. The van der Waals surface area contributed by atoms with Crippen LogP contribution >= 0.6 is 15.9 Å². The Morgan fingerprint density at radius 2 is 1.91 bits per heavy atom. The first-order valence-corrected chi connectivity index (χ1v) is 7.97. The minimum atomic E-state index is -0.664. The lowest BCUT2D eigenvalue weighted by molar-refractivity contribution is 0.0813. The number of benzene rings is 2. The van der Waals surface area contributed by atoms with E-state index in [-0.39, 0.29) is 5.78 Å². The van der Waals surface area contributed by atoms with Crippen LogP contribution in [0, 0.1) is 11.3 Å². The van der Waals surface area contributed by atoms with Crippen LogP contribution in [0.5, 0.6) is 11.5 Å². The topological polar surface area (TPSA) is 59.3 Å². The maximum absolute atomic E-state index is 12.4. The SMILES string of the molecule is CCOc1cc(C#N)ccc1O[C@@H](C)C(=O)c1ccc(Br)cc1. The number of ketones is 1. The fourth-order valence-electron chi connectivity index (χ4n) is 2.04. The Balaban J connectivity index is 2.19. The maximum Gasteiger partial charge on any atom is 0.202 e. The molecule has 0 radical (unpaired) electrons. The Labute approximate surface area is 143 Å². The molecule has 0 saturated carbocycles. The fraction of sp³-hybridized carbons (Fsp3) is 0.222. The lowest BCUT2D eigenvalue weighted by Gasteiger charge is -2.17. The number of halogens is 1. The number of hydrogen-bond donors (Lipinski definition) is 0. The summed E-state index contributed by atoms with van der Waals surface area (Å²) >= 11 is 3.34. The summed E-state index contributed by atoms with van der Waals surface area (Å²) in [6.07, 6.45) is -0.664. The van der Waals surface area contributed by atoms with E-state index < -0.39 is 6.10 Å². The molecule has 2 aromatic rings. The molecule has 0 heterocycles. The van der Waals surface area contributed by atoms with Gasteiger partial charge in [0.15, 0.2) is 17.6 Å². The van der Waals surface area contributed by atoms with E-state index >= 15 is 0 Å². The zero-order valence-electron chi connectivity index (χ0n) is 12.9. The summed E-state index contributed by atoms with van der Waals surface area (Å²) in [5.74, 6) is 0.787. The van der Waals surface area contributed by atoms with E-state index in [0.29, 0.717) is 29.2 Å². The predicted octanol–water partition coefficient (Wildman–Crippen LogP) is 4.37. The number of Topliss-reactive ketones (excluding diaryl/α,β-unsaturated/α-hetero) is 1. The van der Waals surface area contributed by atoms with Gasteiger partial charge < -0.3 is 9.47 Å². The lowest BCUT2D eigenvalue weighted by Crippen LogP contribution is -2.24. The van der Waals surface area contributed by atoms with E-state index in [1.165, 1.54) is 0 Å². The van der Waals surface area contributed by atoms with Crippen LogP contribution in [-0.4, -0.2) is 18.5 Å².